The van der Waals surface area contributed by atoms with Crippen LogP contribution in [0.25, 0.3) is 16.6 Å². The SMILES string of the molecule is Nc1ccn(-c2cccc3cccnc23)n1. The molecule has 0 aliphatic rings. The maximum Gasteiger partial charge on any atom is 0.145 e. The smallest absolute Gasteiger partial charge is 0.145 e. The quantitative estimate of drug-likeness (QED) is 0.668. The molecule has 0 atom stereocenters. The maximum atomic E-state index is 5.61. The van der Waals surface area contributed by atoms with Crippen LogP contribution in [0, 0.1) is 0 Å². The highest BCUT2D eigenvalue weighted by Crippen LogP contribution is 2.19. The van der Waals surface area contributed by atoms with E-state index in [1.165, 1.54) is 0 Å². The number of nitrogen functional groups attached to an aromatic ring is 1. The molecule has 4 heteroatoms. The number of nitrogens with zero attached hydrogens (tertiary/aromatic N) is 3. The summed E-state index contributed by atoms with van der Waals surface area (Å²) in [6.45, 7) is 0. The summed E-state index contributed by atoms with van der Waals surface area (Å²) in [7, 11) is 0. The average molecular weight is 210 g/mol. The molecule has 16 heavy (non-hydrogen) atoms. The molecule has 78 valence electrons. The zero-order valence-electron chi connectivity index (χ0n) is 8.54. The number of hydrogen-bond donors (Lipinski definition) is 1. The van der Waals surface area contributed by atoms with Crippen LogP contribution in [0.5, 0.6) is 0 Å². The molecule has 1 aromatic carbocycles. The lowest BCUT2D eigenvalue weighted by molar-refractivity contribution is 0.890. The van der Waals surface area contributed by atoms with E-state index in [0.717, 1.165) is 16.6 Å². The van der Waals surface area contributed by atoms with Crippen molar-refractivity contribution in [3.05, 3.63) is 48.8 Å². The van der Waals surface area contributed by atoms with E-state index in [9.17, 15) is 0 Å². The van der Waals surface area contributed by atoms with E-state index in [1.54, 1.807) is 16.9 Å². The van der Waals surface area contributed by atoms with Gasteiger partial charge in [0.2, 0.25) is 0 Å². The maximum absolute atomic E-state index is 5.61. The molecule has 0 unspecified atom stereocenters. The molecule has 0 aliphatic heterocycles. The van der Waals surface area contributed by atoms with Crippen molar-refractivity contribution in [1.82, 2.24) is 14.8 Å². The second kappa shape index (κ2) is 3.34. The van der Waals surface area contributed by atoms with Crippen molar-refractivity contribution in [2.75, 3.05) is 5.73 Å². The Morgan fingerprint density at radius 3 is 2.75 bits per heavy atom. The third kappa shape index (κ3) is 1.32. The van der Waals surface area contributed by atoms with E-state index >= 15 is 0 Å². The number of fused-ring (bicyclic) bond motifs is 1. The predicted octanol–water partition coefficient (Wildman–Crippen LogP) is 2.00. The minimum Gasteiger partial charge on any atom is -0.382 e. The Morgan fingerprint density at radius 1 is 1.06 bits per heavy atom. The highest BCUT2D eigenvalue weighted by Gasteiger charge is 2.04. The van der Waals surface area contributed by atoms with Crippen LogP contribution in [0.2, 0.25) is 0 Å². The van der Waals surface area contributed by atoms with Crippen molar-refractivity contribution >= 4 is 16.7 Å². The van der Waals surface area contributed by atoms with Gasteiger partial charge in [0.25, 0.3) is 0 Å². The average Bonchev–Trinajstić information content (AvgIpc) is 2.75. The van der Waals surface area contributed by atoms with Gasteiger partial charge in [-0.2, -0.15) is 5.10 Å². The van der Waals surface area contributed by atoms with E-state index in [1.807, 2.05) is 36.5 Å². The predicted molar refractivity (Wildman–Crippen MR) is 63.3 cm³/mol. The lowest BCUT2D eigenvalue weighted by Crippen LogP contribution is -1.98. The van der Waals surface area contributed by atoms with E-state index in [2.05, 4.69) is 10.1 Å². The van der Waals surface area contributed by atoms with Crippen LogP contribution in [0.15, 0.2) is 48.8 Å². The number of pyridine rings is 1. The van der Waals surface area contributed by atoms with Crippen molar-refractivity contribution in [3.8, 4) is 5.69 Å². The normalized spacial score (nSPS) is 10.8. The number of rotatable bonds is 1. The number of aromatic nitrogens is 3. The highest BCUT2D eigenvalue weighted by molar-refractivity contribution is 5.86. The van der Waals surface area contributed by atoms with Crippen molar-refractivity contribution in [2.45, 2.75) is 0 Å². The van der Waals surface area contributed by atoms with Crippen LogP contribution in [-0.4, -0.2) is 14.8 Å². The summed E-state index contributed by atoms with van der Waals surface area (Å²) < 4.78 is 1.74. The van der Waals surface area contributed by atoms with Gasteiger partial charge >= 0.3 is 0 Å². The van der Waals surface area contributed by atoms with Crippen LogP contribution >= 0.6 is 0 Å². The topological polar surface area (TPSA) is 56.7 Å². The molecule has 3 aromatic rings. The summed E-state index contributed by atoms with van der Waals surface area (Å²) in [6, 6.07) is 11.7. The fourth-order valence-electron chi connectivity index (χ4n) is 1.75. The molecule has 2 N–H and O–H groups in total. The molecule has 2 aromatic heterocycles. The molecule has 0 aliphatic carbocycles. The highest BCUT2D eigenvalue weighted by atomic mass is 15.3. The monoisotopic (exact) mass is 210 g/mol. The summed E-state index contributed by atoms with van der Waals surface area (Å²) in [6.07, 6.45) is 3.61. The number of para-hydroxylation sites is 1. The van der Waals surface area contributed by atoms with Gasteiger partial charge in [-0.1, -0.05) is 18.2 Å². The molecule has 0 amide bonds. The minimum atomic E-state index is 0.507. The number of hydrogen-bond acceptors (Lipinski definition) is 3. The summed E-state index contributed by atoms with van der Waals surface area (Å²) in [4.78, 5) is 4.37. The Morgan fingerprint density at radius 2 is 1.94 bits per heavy atom. The fourth-order valence-corrected chi connectivity index (χ4v) is 1.75. The van der Waals surface area contributed by atoms with Crippen molar-refractivity contribution in [3.63, 3.8) is 0 Å². The molecule has 0 bridgehead atoms. The fraction of sp³-hybridized carbons (Fsp3) is 0. The number of anilines is 1. The first kappa shape index (κ1) is 8.91. The first-order valence-electron chi connectivity index (χ1n) is 5.00. The molecule has 0 saturated carbocycles. The van der Waals surface area contributed by atoms with Gasteiger partial charge in [-0.25, -0.2) is 4.68 Å². The first-order chi connectivity index (χ1) is 7.84. The van der Waals surface area contributed by atoms with Crippen molar-refractivity contribution in [1.29, 1.82) is 0 Å². The van der Waals surface area contributed by atoms with Gasteiger partial charge in [0.05, 0.1) is 11.2 Å². The minimum absolute atomic E-state index is 0.507. The Bertz CT molecular complexity index is 637. The largest absolute Gasteiger partial charge is 0.382 e. The Labute approximate surface area is 92.3 Å². The van der Waals surface area contributed by atoms with E-state index < -0.39 is 0 Å². The zero-order chi connectivity index (χ0) is 11.0. The van der Waals surface area contributed by atoms with E-state index in [-0.39, 0.29) is 0 Å². The van der Waals surface area contributed by atoms with Crippen LogP contribution in [0.3, 0.4) is 0 Å². The molecule has 3 rings (SSSR count). The molecule has 0 fully saturated rings. The summed E-state index contributed by atoms with van der Waals surface area (Å²) in [5.74, 6) is 0.507. The van der Waals surface area contributed by atoms with E-state index in [4.69, 9.17) is 5.73 Å². The Balaban J connectivity index is 2.31. The third-order valence-corrected chi connectivity index (χ3v) is 2.47. The zero-order valence-corrected chi connectivity index (χ0v) is 8.54. The standard InChI is InChI=1S/C12H10N4/c13-11-6-8-16(15-11)10-5-1-3-9-4-2-7-14-12(9)10/h1-8H,(H2,13,15). The number of benzene rings is 1. The molecule has 0 spiro atoms. The van der Waals surface area contributed by atoms with Gasteiger partial charge in [0.15, 0.2) is 0 Å². The lowest BCUT2D eigenvalue weighted by Gasteiger charge is -2.04. The second-order valence-corrected chi connectivity index (χ2v) is 3.54. The van der Waals surface area contributed by atoms with Gasteiger partial charge in [-0.15, -0.1) is 0 Å². The second-order valence-electron chi connectivity index (χ2n) is 3.54. The van der Waals surface area contributed by atoms with Gasteiger partial charge in [0.1, 0.15) is 5.82 Å². The summed E-state index contributed by atoms with van der Waals surface area (Å²) >= 11 is 0. The van der Waals surface area contributed by atoms with Crippen molar-refractivity contribution < 1.29 is 0 Å². The molecular weight excluding hydrogens is 200 g/mol. The summed E-state index contributed by atoms with van der Waals surface area (Å²) in [5, 5.41) is 5.28. The van der Waals surface area contributed by atoms with Crippen molar-refractivity contribution in [2.24, 2.45) is 0 Å². The molecule has 4 nitrogen and oxygen atoms in total. The Hall–Kier alpha value is -2.36. The van der Waals surface area contributed by atoms with Crippen LogP contribution in [0.1, 0.15) is 0 Å². The lowest BCUT2D eigenvalue weighted by atomic mass is 10.2. The molecule has 0 saturated heterocycles. The molecule has 0 radical (unpaired) electrons. The van der Waals surface area contributed by atoms with Gasteiger partial charge < -0.3 is 5.73 Å². The Kier molecular flexibility index (Phi) is 1.86. The first-order valence-corrected chi connectivity index (χ1v) is 5.00. The number of nitrogens with two attached hydrogens (primary N) is 1. The third-order valence-electron chi connectivity index (χ3n) is 2.47. The van der Waals surface area contributed by atoms with Crippen LogP contribution < -0.4 is 5.73 Å². The summed E-state index contributed by atoms with van der Waals surface area (Å²) in [5.41, 5.74) is 7.47. The van der Waals surface area contributed by atoms with Crippen LogP contribution in [0.4, 0.5) is 5.82 Å². The molecular formula is C12H10N4. The molecule has 2 heterocycles. The van der Waals surface area contributed by atoms with Crippen LogP contribution in [-0.2, 0) is 0 Å². The van der Waals surface area contributed by atoms with Gasteiger partial charge in [-0.05, 0) is 12.1 Å². The van der Waals surface area contributed by atoms with Gasteiger partial charge in [0, 0.05) is 23.8 Å². The van der Waals surface area contributed by atoms with E-state index in [0.29, 0.717) is 5.82 Å². The van der Waals surface area contributed by atoms with Gasteiger partial charge in [-0.3, -0.25) is 4.98 Å².